The molecule has 1 heterocycles. The highest BCUT2D eigenvalue weighted by Crippen LogP contribution is 2.19. The van der Waals surface area contributed by atoms with Crippen LogP contribution in [0.3, 0.4) is 0 Å². The molecule has 1 aromatic heterocycles. The molecule has 19 heavy (non-hydrogen) atoms. The van der Waals surface area contributed by atoms with E-state index in [0.717, 1.165) is 16.8 Å². The predicted octanol–water partition coefficient (Wildman–Crippen LogP) is 2.83. The van der Waals surface area contributed by atoms with Crippen molar-refractivity contribution in [1.82, 2.24) is 10.3 Å². The summed E-state index contributed by atoms with van der Waals surface area (Å²) >= 11 is 0. The lowest BCUT2D eigenvalue weighted by atomic mass is 10.2. The molecular weight excluding hydrogens is 243 g/mol. The number of nitrogens with one attached hydrogen (secondary N) is 1. The summed E-state index contributed by atoms with van der Waals surface area (Å²) in [6.07, 6.45) is 1.71. The molecular formula is C15H17FN2O. The Morgan fingerprint density at radius 2 is 2.16 bits per heavy atom. The first-order valence-corrected chi connectivity index (χ1v) is 6.17. The van der Waals surface area contributed by atoms with Crippen molar-refractivity contribution in [3.63, 3.8) is 0 Å². The molecule has 0 saturated carbocycles. The summed E-state index contributed by atoms with van der Waals surface area (Å²) in [6.45, 7) is 2.86. The van der Waals surface area contributed by atoms with Crippen LogP contribution < -0.4 is 10.1 Å². The quantitative estimate of drug-likeness (QED) is 0.897. The van der Waals surface area contributed by atoms with Gasteiger partial charge in [-0.25, -0.2) is 4.39 Å². The maximum absolute atomic E-state index is 13.8. The van der Waals surface area contributed by atoms with Crippen LogP contribution in [0.2, 0.25) is 0 Å². The lowest BCUT2D eigenvalue weighted by Crippen LogP contribution is -2.06. The zero-order valence-electron chi connectivity index (χ0n) is 11.1. The van der Waals surface area contributed by atoms with Crippen LogP contribution in [-0.4, -0.2) is 12.0 Å². The molecule has 0 aliphatic rings. The molecule has 0 spiro atoms. The molecule has 3 nitrogen and oxygen atoms in total. The summed E-state index contributed by atoms with van der Waals surface area (Å²) in [5, 5.41) is 2.98. The predicted molar refractivity (Wildman–Crippen MR) is 72.5 cm³/mol. The van der Waals surface area contributed by atoms with E-state index < -0.39 is 0 Å². The van der Waals surface area contributed by atoms with Gasteiger partial charge in [0, 0.05) is 12.7 Å². The van der Waals surface area contributed by atoms with Crippen LogP contribution in [0.5, 0.6) is 5.75 Å². The third kappa shape index (κ3) is 3.51. The number of hydrogen-bond acceptors (Lipinski definition) is 3. The summed E-state index contributed by atoms with van der Waals surface area (Å²) < 4.78 is 19.3. The maximum Gasteiger partial charge on any atom is 0.165 e. The van der Waals surface area contributed by atoms with Gasteiger partial charge in [0.25, 0.3) is 0 Å². The minimum atomic E-state index is -0.346. The summed E-state index contributed by atoms with van der Waals surface area (Å²) in [7, 11) is 1.83. The van der Waals surface area contributed by atoms with Crippen LogP contribution in [0.25, 0.3) is 0 Å². The number of benzene rings is 1. The van der Waals surface area contributed by atoms with Crippen molar-refractivity contribution in [2.45, 2.75) is 20.1 Å². The minimum Gasteiger partial charge on any atom is -0.484 e. The monoisotopic (exact) mass is 260 g/mol. The van der Waals surface area contributed by atoms with Crippen LogP contribution in [0.15, 0.2) is 36.5 Å². The van der Waals surface area contributed by atoms with E-state index >= 15 is 0 Å². The Balaban J connectivity index is 2.06. The number of nitrogens with zero attached hydrogens (tertiary/aromatic N) is 1. The number of hydrogen-bond donors (Lipinski definition) is 1. The van der Waals surface area contributed by atoms with Crippen LogP contribution >= 0.6 is 0 Å². The van der Waals surface area contributed by atoms with Crippen LogP contribution in [-0.2, 0) is 13.2 Å². The topological polar surface area (TPSA) is 34.1 Å². The summed E-state index contributed by atoms with van der Waals surface area (Å²) in [4.78, 5) is 4.21. The van der Waals surface area contributed by atoms with E-state index in [-0.39, 0.29) is 18.2 Å². The molecule has 100 valence electrons. The van der Waals surface area contributed by atoms with E-state index in [1.54, 1.807) is 12.3 Å². The van der Waals surface area contributed by atoms with Crippen molar-refractivity contribution in [2.75, 3.05) is 7.05 Å². The van der Waals surface area contributed by atoms with Gasteiger partial charge >= 0.3 is 0 Å². The Labute approximate surface area is 112 Å². The summed E-state index contributed by atoms with van der Waals surface area (Å²) in [5.74, 6) is -0.0914. The average Bonchev–Trinajstić information content (AvgIpc) is 2.40. The Morgan fingerprint density at radius 3 is 2.84 bits per heavy atom. The minimum absolute atomic E-state index is 0.255. The first kappa shape index (κ1) is 13.5. The molecule has 2 aromatic rings. The zero-order chi connectivity index (χ0) is 13.7. The van der Waals surface area contributed by atoms with Gasteiger partial charge in [-0.3, -0.25) is 4.98 Å². The van der Waals surface area contributed by atoms with E-state index in [1.165, 1.54) is 6.07 Å². The highest BCUT2D eigenvalue weighted by atomic mass is 19.1. The van der Waals surface area contributed by atoms with Crippen LogP contribution in [0.1, 0.15) is 16.8 Å². The number of pyridine rings is 1. The van der Waals surface area contributed by atoms with E-state index in [9.17, 15) is 4.39 Å². The fraction of sp³-hybridized carbons (Fsp3) is 0.267. The largest absolute Gasteiger partial charge is 0.484 e. The molecule has 1 N–H and O–H groups in total. The number of aromatic nitrogens is 1. The Morgan fingerprint density at radius 1 is 1.32 bits per heavy atom. The van der Waals surface area contributed by atoms with Gasteiger partial charge < -0.3 is 10.1 Å². The van der Waals surface area contributed by atoms with E-state index in [2.05, 4.69) is 10.3 Å². The molecule has 2 rings (SSSR count). The molecule has 1 aromatic carbocycles. The molecule has 0 aliphatic carbocycles. The highest BCUT2D eigenvalue weighted by Gasteiger charge is 2.06. The van der Waals surface area contributed by atoms with Gasteiger partial charge in [-0.1, -0.05) is 12.1 Å². The first-order valence-electron chi connectivity index (χ1n) is 6.17. The lowest BCUT2D eigenvalue weighted by molar-refractivity contribution is 0.285. The molecule has 0 bridgehead atoms. The average molecular weight is 260 g/mol. The van der Waals surface area contributed by atoms with Gasteiger partial charge in [0.1, 0.15) is 6.61 Å². The first-order chi connectivity index (χ1) is 9.20. The van der Waals surface area contributed by atoms with Crippen molar-refractivity contribution in [3.8, 4) is 5.75 Å². The fourth-order valence-electron chi connectivity index (χ4n) is 1.79. The number of rotatable bonds is 5. The van der Waals surface area contributed by atoms with Gasteiger partial charge in [0.05, 0.1) is 5.69 Å². The van der Waals surface area contributed by atoms with E-state index in [0.29, 0.717) is 6.54 Å². The highest BCUT2D eigenvalue weighted by molar-refractivity contribution is 5.29. The lowest BCUT2D eigenvalue weighted by Gasteiger charge is -2.09. The zero-order valence-corrected chi connectivity index (χ0v) is 11.1. The van der Waals surface area contributed by atoms with Crippen molar-refractivity contribution >= 4 is 0 Å². The summed E-state index contributed by atoms with van der Waals surface area (Å²) in [5.41, 5.74) is 2.75. The Bertz CT molecular complexity index is 558. The molecule has 0 aliphatic heterocycles. The van der Waals surface area contributed by atoms with Crippen molar-refractivity contribution in [3.05, 3.63) is 59.2 Å². The van der Waals surface area contributed by atoms with Gasteiger partial charge in [0.2, 0.25) is 0 Å². The molecule has 0 fully saturated rings. The second-order valence-electron chi connectivity index (χ2n) is 4.35. The van der Waals surface area contributed by atoms with Gasteiger partial charge in [-0.05, 0) is 43.3 Å². The molecule has 0 radical (unpaired) electrons. The molecule has 0 unspecified atom stereocenters. The van der Waals surface area contributed by atoms with E-state index in [4.69, 9.17) is 4.74 Å². The second kappa shape index (κ2) is 6.29. The molecule has 4 heteroatoms. The third-order valence-electron chi connectivity index (χ3n) is 2.86. The SMILES string of the molecule is CNCc1ccc(OCc2ncccc2C)c(F)c1. The smallest absolute Gasteiger partial charge is 0.165 e. The van der Waals surface area contributed by atoms with Crippen LogP contribution in [0, 0.1) is 12.7 Å². The Kier molecular flexibility index (Phi) is 4.47. The van der Waals surface area contributed by atoms with E-state index in [1.807, 2.05) is 32.2 Å². The second-order valence-corrected chi connectivity index (χ2v) is 4.35. The van der Waals surface area contributed by atoms with Crippen LogP contribution in [0.4, 0.5) is 4.39 Å². The standard InChI is InChI=1S/C15H17FN2O/c1-11-4-3-7-18-14(11)10-19-15-6-5-12(9-17-2)8-13(15)16/h3-8,17H,9-10H2,1-2H3. The Hall–Kier alpha value is -1.94. The van der Waals surface area contributed by atoms with Crippen molar-refractivity contribution in [1.29, 1.82) is 0 Å². The molecule has 0 atom stereocenters. The number of ether oxygens (including phenoxy) is 1. The molecule has 0 saturated heterocycles. The van der Waals surface area contributed by atoms with Crippen molar-refractivity contribution in [2.24, 2.45) is 0 Å². The third-order valence-corrected chi connectivity index (χ3v) is 2.86. The normalized spacial score (nSPS) is 10.5. The van der Waals surface area contributed by atoms with Gasteiger partial charge in [0.15, 0.2) is 11.6 Å². The van der Waals surface area contributed by atoms with Gasteiger partial charge in [-0.2, -0.15) is 0 Å². The number of aryl methyl sites for hydroxylation is 1. The summed E-state index contributed by atoms with van der Waals surface area (Å²) in [6, 6.07) is 8.81. The molecule has 0 amide bonds. The number of halogens is 1. The fourth-order valence-corrected chi connectivity index (χ4v) is 1.79. The van der Waals surface area contributed by atoms with Gasteiger partial charge in [-0.15, -0.1) is 0 Å². The van der Waals surface area contributed by atoms with Crippen molar-refractivity contribution < 1.29 is 9.13 Å². The maximum atomic E-state index is 13.8.